The molecular weight excluding hydrogens is 270 g/mol. The first-order chi connectivity index (χ1) is 6.94. The van der Waals surface area contributed by atoms with Crippen molar-refractivity contribution < 1.29 is 0 Å². The Hall–Kier alpha value is 0.140. The van der Waals surface area contributed by atoms with Gasteiger partial charge in [-0.3, -0.25) is 0 Å². The molecular formula is C12H20BrNS. The average molecular weight is 290 g/mol. The Labute approximate surface area is 105 Å². The molecule has 3 heteroatoms. The van der Waals surface area contributed by atoms with Gasteiger partial charge in [0.1, 0.15) is 0 Å². The zero-order chi connectivity index (χ0) is 11.5. The van der Waals surface area contributed by atoms with Gasteiger partial charge in [0.15, 0.2) is 0 Å². The van der Waals surface area contributed by atoms with Crippen LogP contribution in [-0.2, 0) is 0 Å². The quantitative estimate of drug-likeness (QED) is 0.836. The highest BCUT2D eigenvalue weighted by Gasteiger charge is 2.16. The summed E-state index contributed by atoms with van der Waals surface area (Å²) in [7, 11) is 0. The lowest BCUT2D eigenvalue weighted by Crippen LogP contribution is -2.30. The fraction of sp³-hybridized carbons (Fsp3) is 0.667. The second-order valence-corrected chi connectivity index (χ2v) is 7.26. The molecule has 1 heterocycles. The van der Waals surface area contributed by atoms with Crippen LogP contribution in [0.4, 0.5) is 0 Å². The highest BCUT2D eigenvalue weighted by Crippen LogP contribution is 2.28. The molecule has 1 aromatic heterocycles. The van der Waals surface area contributed by atoms with E-state index < -0.39 is 0 Å². The molecule has 0 aliphatic heterocycles. The van der Waals surface area contributed by atoms with Gasteiger partial charge in [0.05, 0.1) is 3.79 Å². The smallest absolute Gasteiger partial charge is 0.0701 e. The van der Waals surface area contributed by atoms with Gasteiger partial charge in [0.2, 0.25) is 0 Å². The molecule has 1 N–H and O–H groups in total. The van der Waals surface area contributed by atoms with Crippen molar-refractivity contribution in [3.05, 3.63) is 20.8 Å². The first-order valence-electron chi connectivity index (χ1n) is 5.43. The third-order valence-corrected chi connectivity index (χ3v) is 4.67. The average Bonchev–Trinajstić information content (AvgIpc) is 2.61. The molecule has 1 nitrogen and oxygen atoms in total. The fourth-order valence-corrected chi connectivity index (χ4v) is 2.67. The third kappa shape index (κ3) is 4.25. The lowest BCUT2D eigenvalue weighted by atomic mass is 9.90. The monoisotopic (exact) mass is 289 g/mol. The Morgan fingerprint density at radius 1 is 1.47 bits per heavy atom. The van der Waals surface area contributed by atoms with Gasteiger partial charge < -0.3 is 5.32 Å². The summed E-state index contributed by atoms with van der Waals surface area (Å²) in [6.07, 6.45) is 1.21. The molecule has 0 aliphatic carbocycles. The van der Waals surface area contributed by atoms with Crippen LogP contribution in [0.5, 0.6) is 0 Å². The van der Waals surface area contributed by atoms with Crippen molar-refractivity contribution in [1.29, 1.82) is 0 Å². The largest absolute Gasteiger partial charge is 0.309 e. The Morgan fingerprint density at radius 2 is 2.13 bits per heavy atom. The summed E-state index contributed by atoms with van der Waals surface area (Å²) in [5.41, 5.74) is 0.392. The maximum Gasteiger partial charge on any atom is 0.0701 e. The van der Waals surface area contributed by atoms with Crippen LogP contribution >= 0.6 is 27.3 Å². The van der Waals surface area contributed by atoms with Gasteiger partial charge in [0.25, 0.3) is 0 Å². The predicted octanol–water partition coefficient (Wildman–Crippen LogP) is 4.60. The van der Waals surface area contributed by atoms with Crippen molar-refractivity contribution in [2.45, 2.75) is 40.2 Å². The molecule has 0 radical (unpaired) electrons. The molecule has 0 saturated heterocycles. The van der Waals surface area contributed by atoms with Crippen molar-refractivity contribution in [3.8, 4) is 0 Å². The summed E-state index contributed by atoms with van der Waals surface area (Å²) in [5.74, 6) is 0. The minimum atomic E-state index is 0.392. The number of thiophene rings is 1. The van der Waals surface area contributed by atoms with E-state index in [0.717, 1.165) is 6.54 Å². The normalized spacial score (nSPS) is 14.2. The van der Waals surface area contributed by atoms with E-state index >= 15 is 0 Å². The molecule has 1 rings (SSSR count). The van der Waals surface area contributed by atoms with E-state index in [0.29, 0.717) is 11.5 Å². The van der Waals surface area contributed by atoms with Crippen molar-refractivity contribution >= 4 is 27.3 Å². The standard InChI is InChI=1S/C12H20BrNS/c1-5-12(3,4)8-14-9(2)10-6-7-11(13)15-10/h6-7,9,14H,5,8H2,1-4H3. The van der Waals surface area contributed by atoms with E-state index in [1.807, 2.05) is 11.3 Å². The summed E-state index contributed by atoms with van der Waals surface area (Å²) in [4.78, 5) is 1.40. The minimum Gasteiger partial charge on any atom is -0.309 e. The molecule has 0 fully saturated rings. The first-order valence-corrected chi connectivity index (χ1v) is 7.04. The molecule has 0 aliphatic rings. The molecule has 86 valence electrons. The summed E-state index contributed by atoms with van der Waals surface area (Å²) < 4.78 is 1.21. The molecule has 1 unspecified atom stereocenters. The van der Waals surface area contributed by atoms with E-state index in [2.05, 4.69) is 61.1 Å². The van der Waals surface area contributed by atoms with Gasteiger partial charge >= 0.3 is 0 Å². The van der Waals surface area contributed by atoms with Crippen LogP contribution in [0.1, 0.15) is 45.0 Å². The summed E-state index contributed by atoms with van der Waals surface area (Å²) in [5, 5.41) is 3.59. The van der Waals surface area contributed by atoms with Gasteiger partial charge in [0, 0.05) is 17.5 Å². The number of hydrogen-bond acceptors (Lipinski definition) is 2. The van der Waals surface area contributed by atoms with Crippen molar-refractivity contribution in [2.75, 3.05) is 6.54 Å². The lowest BCUT2D eigenvalue weighted by molar-refractivity contribution is 0.315. The van der Waals surface area contributed by atoms with E-state index in [1.165, 1.54) is 15.1 Å². The number of halogens is 1. The molecule has 0 spiro atoms. The zero-order valence-corrected chi connectivity index (χ0v) is 12.3. The maximum absolute atomic E-state index is 3.59. The minimum absolute atomic E-state index is 0.392. The van der Waals surface area contributed by atoms with E-state index in [-0.39, 0.29) is 0 Å². The molecule has 0 bridgehead atoms. The Kier molecular flexibility index (Phi) is 4.81. The Morgan fingerprint density at radius 3 is 2.60 bits per heavy atom. The van der Waals surface area contributed by atoms with Crippen LogP contribution in [0.3, 0.4) is 0 Å². The highest BCUT2D eigenvalue weighted by molar-refractivity contribution is 9.11. The summed E-state index contributed by atoms with van der Waals surface area (Å²) in [6, 6.07) is 4.75. The Bertz CT molecular complexity index is 306. The van der Waals surface area contributed by atoms with Crippen LogP contribution in [-0.4, -0.2) is 6.54 Å². The second kappa shape index (κ2) is 5.46. The van der Waals surface area contributed by atoms with Gasteiger partial charge in [-0.2, -0.15) is 0 Å². The summed E-state index contributed by atoms with van der Waals surface area (Å²) in [6.45, 7) is 10.1. The van der Waals surface area contributed by atoms with Crippen LogP contribution in [0, 0.1) is 5.41 Å². The van der Waals surface area contributed by atoms with Gasteiger partial charge in [-0.1, -0.05) is 20.8 Å². The fourth-order valence-electron chi connectivity index (χ4n) is 1.22. The van der Waals surface area contributed by atoms with E-state index in [9.17, 15) is 0 Å². The van der Waals surface area contributed by atoms with E-state index in [1.54, 1.807) is 0 Å². The lowest BCUT2D eigenvalue weighted by Gasteiger charge is -2.25. The zero-order valence-electron chi connectivity index (χ0n) is 9.93. The summed E-state index contributed by atoms with van der Waals surface area (Å²) >= 11 is 5.30. The van der Waals surface area contributed by atoms with Crippen molar-refractivity contribution in [1.82, 2.24) is 5.32 Å². The number of rotatable bonds is 5. The maximum atomic E-state index is 3.59. The first kappa shape index (κ1) is 13.2. The molecule has 15 heavy (non-hydrogen) atoms. The van der Waals surface area contributed by atoms with Crippen LogP contribution in [0.25, 0.3) is 0 Å². The van der Waals surface area contributed by atoms with Crippen molar-refractivity contribution in [2.24, 2.45) is 5.41 Å². The van der Waals surface area contributed by atoms with Crippen LogP contribution in [0.2, 0.25) is 0 Å². The molecule has 1 atom stereocenters. The SMILES string of the molecule is CCC(C)(C)CNC(C)c1ccc(Br)s1. The topological polar surface area (TPSA) is 12.0 Å². The van der Waals surface area contributed by atoms with Gasteiger partial charge in [-0.15, -0.1) is 11.3 Å². The predicted molar refractivity (Wildman–Crippen MR) is 72.5 cm³/mol. The highest BCUT2D eigenvalue weighted by atomic mass is 79.9. The number of hydrogen-bond donors (Lipinski definition) is 1. The molecule has 0 aromatic carbocycles. The van der Waals surface area contributed by atoms with Gasteiger partial charge in [-0.05, 0) is 46.8 Å². The van der Waals surface area contributed by atoms with Crippen molar-refractivity contribution in [3.63, 3.8) is 0 Å². The Balaban J connectivity index is 2.46. The van der Waals surface area contributed by atoms with Gasteiger partial charge in [-0.25, -0.2) is 0 Å². The van der Waals surface area contributed by atoms with E-state index in [4.69, 9.17) is 0 Å². The van der Waals surface area contributed by atoms with Crippen LogP contribution < -0.4 is 5.32 Å². The third-order valence-electron chi connectivity index (χ3n) is 2.86. The molecule has 1 aromatic rings. The van der Waals surface area contributed by atoms with Crippen LogP contribution in [0.15, 0.2) is 15.9 Å². The molecule has 0 amide bonds. The second-order valence-electron chi connectivity index (χ2n) is 4.76. The number of nitrogens with one attached hydrogen (secondary N) is 1. The molecule has 0 saturated carbocycles.